The van der Waals surface area contributed by atoms with Crippen molar-refractivity contribution in [2.24, 2.45) is 5.10 Å². The van der Waals surface area contributed by atoms with Gasteiger partial charge in [-0.1, -0.05) is 27.5 Å². The van der Waals surface area contributed by atoms with E-state index in [9.17, 15) is 9.59 Å². The highest BCUT2D eigenvalue weighted by atomic mass is 79.9. The first-order valence-electron chi connectivity index (χ1n) is 8.95. The first kappa shape index (κ1) is 23.2. The van der Waals surface area contributed by atoms with E-state index in [0.29, 0.717) is 33.4 Å². The lowest BCUT2D eigenvalue weighted by molar-refractivity contribution is -0.139. The van der Waals surface area contributed by atoms with Crippen LogP contribution in [-0.4, -0.2) is 40.2 Å². The maximum Gasteiger partial charge on any atom is 0.341 e. The number of ether oxygens (including phenoxy) is 2. The smallest absolute Gasteiger partial charge is 0.341 e. The first-order chi connectivity index (χ1) is 14.7. The van der Waals surface area contributed by atoms with Crippen LogP contribution in [0.5, 0.6) is 11.5 Å². The van der Waals surface area contributed by atoms with E-state index in [-0.39, 0.29) is 22.1 Å². The summed E-state index contributed by atoms with van der Waals surface area (Å²) in [7, 11) is 0. The summed E-state index contributed by atoms with van der Waals surface area (Å²) in [4.78, 5) is 28.2. The highest BCUT2D eigenvalue weighted by Gasteiger charge is 2.18. The Balaban J connectivity index is 2.08. The molecule has 0 aliphatic carbocycles. The normalized spacial score (nSPS) is 11.3. The number of aliphatic carboxylic acids is 1. The number of carboxylic acid groups (broad SMARTS) is 1. The third-order valence-electron chi connectivity index (χ3n) is 4.08. The van der Waals surface area contributed by atoms with Crippen molar-refractivity contribution in [3.63, 3.8) is 0 Å². The molecule has 162 valence electrons. The van der Waals surface area contributed by atoms with Crippen LogP contribution in [0, 0.1) is 6.92 Å². The molecule has 11 heteroatoms. The van der Waals surface area contributed by atoms with E-state index in [0.717, 1.165) is 4.47 Å². The quantitative estimate of drug-likeness (QED) is 0.414. The van der Waals surface area contributed by atoms with Crippen LogP contribution in [0.4, 0.5) is 0 Å². The average Bonchev–Trinajstić information content (AvgIpc) is 2.71. The molecule has 31 heavy (non-hydrogen) atoms. The summed E-state index contributed by atoms with van der Waals surface area (Å²) in [6.07, 6.45) is 1.43. The van der Waals surface area contributed by atoms with E-state index in [1.807, 2.05) is 6.07 Å². The molecule has 2 aromatic carbocycles. The molecule has 0 aliphatic heterocycles. The molecule has 1 aromatic heterocycles. The number of aryl methyl sites for hydroxylation is 1. The molecule has 1 N–H and O–H groups in total. The topological polar surface area (TPSA) is 103 Å². The molecule has 0 saturated carbocycles. The van der Waals surface area contributed by atoms with Gasteiger partial charge in [-0.2, -0.15) is 9.78 Å². The Morgan fingerprint density at radius 3 is 2.74 bits per heavy atom. The number of benzene rings is 2. The Labute approximate surface area is 198 Å². The molecule has 1 heterocycles. The Kier molecular flexibility index (Phi) is 7.34. The van der Waals surface area contributed by atoms with Crippen LogP contribution in [0.25, 0.3) is 10.9 Å². The molecule has 0 radical (unpaired) electrons. The number of carboxylic acids is 1. The van der Waals surface area contributed by atoms with Crippen LogP contribution < -0.4 is 15.0 Å². The minimum atomic E-state index is -1.15. The molecular formula is C20H16Br2ClN3O5. The van der Waals surface area contributed by atoms with E-state index < -0.39 is 12.6 Å². The SMILES string of the molecule is CCOc1cc(C=Nn2c(C)nc3ccc(Br)cc3c2=O)c(Br)c(Cl)c1OCC(=O)O. The van der Waals surface area contributed by atoms with E-state index in [1.165, 1.54) is 10.9 Å². The molecule has 0 bridgehead atoms. The Morgan fingerprint density at radius 1 is 1.32 bits per heavy atom. The summed E-state index contributed by atoms with van der Waals surface area (Å²) in [5, 5.41) is 13.7. The monoisotopic (exact) mass is 571 g/mol. The number of halogens is 3. The average molecular weight is 574 g/mol. The summed E-state index contributed by atoms with van der Waals surface area (Å²) in [5.41, 5.74) is 0.741. The number of nitrogens with zero attached hydrogens (tertiary/aromatic N) is 3. The predicted molar refractivity (Wildman–Crippen MR) is 125 cm³/mol. The maximum absolute atomic E-state index is 12.9. The van der Waals surface area contributed by atoms with Gasteiger partial charge in [0.05, 0.1) is 23.7 Å². The van der Waals surface area contributed by atoms with Crippen molar-refractivity contribution in [2.75, 3.05) is 13.2 Å². The van der Waals surface area contributed by atoms with Crippen LogP contribution in [0.15, 0.2) is 43.1 Å². The fourth-order valence-electron chi connectivity index (χ4n) is 2.75. The molecule has 0 saturated heterocycles. The zero-order chi connectivity index (χ0) is 22.7. The van der Waals surface area contributed by atoms with Crippen LogP contribution >= 0.6 is 43.5 Å². The van der Waals surface area contributed by atoms with Crippen LogP contribution in [0.1, 0.15) is 18.3 Å². The second-order valence-electron chi connectivity index (χ2n) is 6.22. The highest BCUT2D eigenvalue weighted by Crippen LogP contribution is 2.42. The minimum Gasteiger partial charge on any atom is -0.490 e. The molecule has 3 rings (SSSR count). The van der Waals surface area contributed by atoms with Crippen LogP contribution in [0.3, 0.4) is 0 Å². The maximum atomic E-state index is 12.9. The molecule has 0 unspecified atom stereocenters. The molecule has 0 spiro atoms. The van der Waals surface area contributed by atoms with Crippen LogP contribution in [-0.2, 0) is 4.79 Å². The van der Waals surface area contributed by atoms with E-state index in [1.54, 1.807) is 32.0 Å². The number of hydrogen-bond acceptors (Lipinski definition) is 6. The van der Waals surface area contributed by atoms with Crippen molar-refractivity contribution >= 4 is 66.5 Å². The lowest BCUT2D eigenvalue weighted by atomic mass is 10.2. The predicted octanol–water partition coefficient (Wildman–Crippen LogP) is 4.63. The number of carbonyl (C=O) groups is 1. The third-order valence-corrected chi connectivity index (χ3v) is 6.01. The summed E-state index contributed by atoms with van der Waals surface area (Å²) in [6, 6.07) is 6.84. The standard InChI is InChI=1S/C20H16Br2ClN3O5/c1-3-30-15-6-11(17(22)18(23)19(15)31-9-16(27)28)8-24-26-10(2)25-14-5-4-12(21)7-13(14)20(26)29/h4-8H,3,9H2,1-2H3,(H,27,28). The van der Waals surface area contributed by atoms with Crippen molar-refractivity contribution in [1.82, 2.24) is 9.66 Å². The molecule has 0 atom stereocenters. The summed E-state index contributed by atoms with van der Waals surface area (Å²) >= 11 is 13.1. The van der Waals surface area contributed by atoms with E-state index in [4.69, 9.17) is 26.2 Å². The largest absolute Gasteiger partial charge is 0.490 e. The lowest BCUT2D eigenvalue weighted by Gasteiger charge is -2.15. The molecule has 0 amide bonds. The number of fused-ring (bicyclic) bond motifs is 1. The van der Waals surface area contributed by atoms with Gasteiger partial charge in [-0.3, -0.25) is 4.79 Å². The Morgan fingerprint density at radius 2 is 2.06 bits per heavy atom. The van der Waals surface area contributed by atoms with Crippen molar-refractivity contribution in [3.05, 3.63) is 60.0 Å². The van der Waals surface area contributed by atoms with Crippen LogP contribution in [0.2, 0.25) is 5.02 Å². The number of hydrogen-bond donors (Lipinski definition) is 1. The van der Waals surface area contributed by atoms with Gasteiger partial charge in [0.15, 0.2) is 18.1 Å². The van der Waals surface area contributed by atoms with Gasteiger partial charge in [-0.15, -0.1) is 0 Å². The highest BCUT2D eigenvalue weighted by molar-refractivity contribution is 9.10. The molecule has 0 fully saturated rings. The van der Waals surface area contributed by atoms with Gasteiger partial charge in [-0.25, -0.2) is 9.78 Å². The fraction of sp³-hybridized carbons (Fsp3) is 0.200. The van der Waals surface area contributed by atoms with E-state index >= 15 is 0 Å². The van der Waals surface area contributed by atoms with Crippen molar-refractivity contribution in [1.29, 1.82) is 0 Å². The van der Waals surface area contributed by atoms with Crippen molar-refractivity contribution in [2.45, 2.75) is 13.8 Å². The van der Waals surface area contributed by atoms with Gasteiger partial charge in [0.25, 0.3) is 5.56 Å². The second kappa shape index (κ2) is 9.80. The van der Waals surface area contributed by atoms with Gasteiger partial charge in [0, 0.05) is 14.5 Å². The number of aromatic nitrogens is 2. The van der Waals surface area contributed by atoms with Gasteiger partial charge in [-0.05, 0) is 54.0 Å². The second-order valence-corrected chi connectivity index (χ2v) is 8.31. The molecule has 0 aliphatic rings. The molecule has 3 aromatic rings. The molecular weight excluding hydrogens is 557 g/mol. The summed E-state index contributed by atoms with van der Waals surface area (Å²) < 4.78 is 13.2. The Bertz CT molecular complexity index is 1260. The first-order valence-corrected chi connectivity index (χ1v) is 10.9. The lowest BCUT2D eigenvalue weighted by Crippen LogP contribution is -2.20. The fourth-order valence-corrected chi connectivity index (χ4v) is 3.76. The zero-order valence-electron chi connectivity index (χ0n) is 16.4. The summed E-state index contributed by atoms with van der Waals surface area (Å²) in [6.45, 7) is 3.18. The van der Waals surface area contributed by atoms with E-state index in [2.05, 4.69) is 41.9 Å². The van der Waals surface area contributed by atoms with Crippen molar-refractivity contribution < 1.29 is 19.4 Å². The molecule has 8 nitrogen and oxygen atoms in total. The van der Waals surface area contributed by atoms with Gasteiger partial charge >= 0.3 is 5.97 Å². The van der Waals surface area contributed by atoms with Crippen molar-refractivity contribution in [3.8, 4) is 11.5 Å². The number of rotatable bonds is 7. The van der Waals surface area contributed by atoms with Gasteiger partial charge < -0.3 is 14.6 Å². The van der Waals surface area contributed by atoms with Gasteiger partial charge in [0.2, 0.25) is 0 Å². The third kappa shape index (κ3) is 5.08. The van der Waals surface area contributed by atoms with Gasteiger partial charge in [0.1, 0.15) is 10.8 Å². The minimum absolute atomic E-state index is 0.0977. The zero-order valence-corrected chi connectivity index (χ0v) is 20.3. The Hall–Kier alpha value is -2.43. The summed E-state index contributed by atoms with van der Waals surface area (Å²) in [5.74, 6) is -0.390.